The van der Waals surface area contributed by atoms with Gasteiger partial charge in [0.25, 0.3) is 0 Å². The van der Waals surface area contributed by atoms with Crippen LogP contribution in [0.1, 0.15) is 55.7 Å². The summed E-state index contributed by atoms with van der Waals surface area (Å²) >= 11 is 1.66. The number of para-hydroxylation sites is 1. The van der Waals surface area contributed by atoms with Crippen LogP contribution in [0.25, 0.3) is 0 Å². The first-order valence-corrected chi connectivity index (χ1v) is 10.6. The number of benzene rings is 1. The number of rotatable bonds is 5. The fraction of sp³-hybridized carbons (Fsp3) is 0.478. The molecule has 1 aromatic heterocycles. The minimum absolute atomic E-state index is 0.283. The zero-order chi connectivity index (χ0) is 20.3. The molecule has 0 spiro atoms. The lowest BCUT2D eigenvalue weighted by molar-refractivity contribution is 0.218. The summed E-state index contributed by atoms with van der Waals surface area (Å²) < 4.78 is 11.2. The number of ether oxygens (including phenoxy) is 2. The number of nitriles is 1. The third-order valence-corrected chi connectivity index (χ3v) is 6.58. The van der Waals surface area contributed by atoms with Gasteiger partial charge in [-0.05, 0) is 55.2 Å². The normalized spacial score (nSPS) is 16.6. The van der Waals surface area contributed by atoms with E-state index in [1.54, 1.807) is 24.7 Å². The van der Waals surface area contributed by atoms with Gasteiger partial charge in [-0.15, -0.1) is 11.3 Å². The zero-order valence-corrected chi connectivity index (χ0v) is 18.2. The molecule has 3 rings (SSSR count). The Hall–Kier alpha value is -2.32. The summed E-state index contributed by atoms with van der Waals surface area (Å²) in [6.07, 6.45) is 4.93. The van der Waals surface area contributed by atoms with E-state index >= 15 is 0 Å². The van der Waals surface area contributed by atoms with E-state index in [1.165, 1.54) is 10.4 Å². The van der Waals surface area contributed by atoms with Crippen LogP contribution in [0.5, 0.6) is 11.5 Å². The van der Waals surface area contributed by atoms with Crippen LogP contribution in [0.3, 0.4) is 0 Å². The predicted molar refractivity (Wildman–Crippen MR) is 115 cm³/mol. The molecule has 28 heavy (non-hydrogen) atoms. The quantitative estimate of drug-likeness (QED) is 0.589. The van der Waals surface area contributed by atoms with Crippen molar-refractivity contribution in [1.29, 1.82) is 5.26 Å². The van der Waals surface area contributed by atoms with Gasteiger partial charge in [-0.1, -0.05) is 26.8 Å². The van der Waals surface area contributed by atoms with E-state index in [4.69, 9.17) is 14.5 Å². The SMILES string of the molecule is CCOc1c(C=Nc2sc3c(c2C#N)CC[C@H](C(C)(C)C)C3)cccc1OC. The molecule has 0 radical (unpaired) electrons. The maximum atomic E-state index is 9.75. The van der Waals surface area contributed by atoms with E-state index in [2.05, 4.69) is 26.8 Å². The highest BCUT2D eigenvalue weighted by atomic mass is 32.1. The second-order valence-corrected chi connectivity index (χ2v) is 9.25. The molecule has 4 nitrogen and oxygen atoms in total. The highest BCUT2D eigenvalue weighted by molar-refractivity contribution is 7.16. The molecule has 5 heteroatoms. The molecule has 1 atom stereocenters. The van der Waals surface area contributed by atoms with Gasteiger partial charge in [0.1, 0.15) is 11.1 Å². The van der Waals surface area contributed by atoms with Gasteiger partial charge in [0.15, 0.2) is 11.5 Å². The van der Waals surface area contributed by atoms with Crippen molar-refractivity contribution in [3.05, 3.63) is 39.8 Å². The molecule has 1 aliphatic rings. The lowest BCUT2D eigenvalue weighted by Crippen LogP contribution is -2.26. The van der Waals surface area contributed by atoms with Gasteiger partial charge in [-0.25, -0.2) is 4.99 Å². The standard InChI is InChI=1S/C23H28N2O2S/c1-6-27-21-15(8-7-9-19(21)26-5)14-25-22-18(13-24)17-11-10-16(23(2,3)4)12-20(17)28-22/h7-9,14,16H,6,10-12H2,1-5H3/t16-/m0/s1. The second-order valence-electron chi connectivity index (χ2n) is 8.17. The summed E-state index contributed by atoms with van der Waals surface area (Å²) in [7, 11) is 1.63. The number of methoxy groups -OCH3 is 1. The number of aliphatic imine (C=N–C) groups is 1. The summed E-state index contributed by atoms with van der Waals surface area (Å²) in [6, 6.07) is 8.14. The van der Waals surface area contributed by atoms with Crippen LogP contribution < -0.4 is 9.47 Å². The highest BCUT2D eigenvalue weighted by Gasteiger charge is 2.32. The predicted octanol–water partition coefficient (Wildman–Crippen LogP) is 5.93. The Balaban J connectivity index is 1.95. The van der Waals surface area contributed by atoms with Crippen LogP contribution in [0.15, 0.2) is 23.2 Å². The van der Waals surface area contributed by atoms with E-state index in [0.717, 1.165) is 35.4 Å². The Morgan fingerprint density at radius 2 is 2.14 bits per heavy atom. The topological polar surface area (TPSA) is 54.6 Å². The largest absolute Gasteiger partial charge is 0.493 e. The molecule has 0 saturated heterocycles. The summed E-state index contributed by atoms with van der Waals surface area (Å²) in [5.41, 5.74) is 3.08. The molecule has 0 N–H and O–H groups in total. The zero-order valence-electron chi connectivity index (χ0n) is 17.3. The Bertz CT molecular complexity index is 916. The fourth-order valence-electron chi connectivity index (χ4n) is 3.74. The van der Waals surface area contributed by atoms with E-state index in [9.17, 15) is 5.26 Å². The van der Waals surface area contributed by atoms with E-state index in [-0.39, 0.29) is 5.41 Å². The van der Waals surface area contributed by atoms with Gasteiger partial charge in [0, 0.05) is 16.7 Å². The Kier molecular flexibility index (Phi) is 6.10. The summed E-state index contributed by atoms with van der Waals surface area (Å²) in [6.45, 7) is 9.40. The monoisotopic (exact) mass is 396 g/mol. The number of hydrogen-bond acceptors (Lipinski definition) is 5. The van der Waals surface area contributed by atoms with E-state index in [1.807, 2.05) is 25.1 Å². The van der Waals surface area contributed by atoms with Crippen LogP contribution in [0.2, 0.25) is 0 Å². The van der Waals surface area contributed by atoms with Crippen molar-refractivity contribution in [2.45, 2.75) is 47.0 Å². The summed E-state index contributed by atoms with van der Waals surface area (Å²) in [4.78, 5) is 6.02. The third kappa shape index (κ3) is 4.07. The van der Waals surface area contributed by atoms with Crippen molar-refractivity contribution in [3.8, 4) is 17.6 Å². The minimum atomic E-state index is 0.283. The minimum Gasteiger partial charge on any atom is -0.493 e. The molecule has 0 saturated carbocycles. The van der Waals surface area contributed by atoms with E-state index < -0.39 is 0 Å². The van der Waals surface area contributed by atoms with Gasteiger partial charge < -0.3 is 9.47 Å². The van der Waals surface area contributed by atoms with Crippen LogP contribution in [0, 0.1) is 22.7 Å². The fourth-order valence-corrected chi connectivity index (χ4v) is 4.96. The van der Waals surface area contributed by atoms with Gasteiger partial charge in [-0.3, -0.25) is 0 Å². The van der Waals surface area contributed by atoms with Gasteiger partial charge in [0.05, 0.1) is 19.3 Å². The van der Waals surface area contributed by atoms with Crippen LogP contribution in [-0.2, 0) is 12.8 Å². The first kappa shape index (κ1) is 20.4. The molecule has 1 heterocycles. The molecule has 0 fully saturated rings. The molecule has 0 unspecified atom stereocenters. The molecular weight excluding hydrogens is 368 g/mol. The second kappa shape index (κ2) is 8.36. The van der Waals surface area contributed by atoms with Crippen molar-refractivity contribution in [2.24, 2.45) is 16.3 Å². The van der Waals surface area contributed by atoms with E-state index in [0.29, 0.717) is 24.0 Å². The maximum absolute atomic E-state index is 9.75. The number of hydrogen-bond donors (Lipinski definition) is 0. The highest BCUT2D eigenvalue weighted by Crippen LogP contribution is 2.45. The van der Waals surface area contributed by atoms with Gasteiger partial charge in [0.2, 0.25) is 0 Å². The van der Waals surface area contributed by atoms with Gasteiger partial charge in [-0.2, -0.15) is 5.26 Å². The van der Waals surface area contributed by atoms with Crippen molar-refractivity contribution >= 4 is 22.6 Å². The lowest BCUT2D eigenvalue weighted by Gasteiger charge is -2.33. The van der Waals surface area contributed by atoms with Crippen molar-refractivity contribution in [1.82, 2.24) is 0 Å². The van der Waals surface area contributed by atoms with Crippen LogP contribution >= 0.6 is 11.3 Å². The van der Waals surface area contributed by atoms with Crippen LogP contribution in [0.4, 0.5) is 5.00 Å². The maximum Gasteiger partial charge on any atom is 0.169 e. The molecule has 2 aromatic rings. The van der Waals surface area contributed by atoms with Crippen molar-refractivity contribution in [3.63, 3.8) is 0 Å². The summed E-state index contributed by atoms with van der Waals surface area (Å²) in [5.74, 6) is 2.01. The Morgan fingerprint density at radius 1 is 1.36 bits per heavy atom. The lowest BCUT2D eigenvalue weighted by atomic mass is 9.72. The Morgan fingerprint density at radius 3 is 2.79 bits per heavy atom. The molecule has 0 aliphatic heterocycles. The van der Waals surface area contributed by atoms with Crippen molar-refractivity contribution < 1.29 is 9.47 Å². The average molecular weight is 397 g/mol. The molecule has 0 amide bonds. The molecule has 1 aromatic carbocycles. The van der Waals surface area contributed by atoms with Gasteiger partial charge >= 0.3 is 0 Å². The number of nitrogens with zero attached hydrogens (tertiary/aromatic N) is 2. The number of fused-ring (bicyclic) bond motifs is 1. The molecule has 148 valence electrons. The first-order valence-electron chi connectivity index (χ1n) is 9.77. The average Bonchev–Trinajstić information content (AvgIpc) is 3.03. The molecule has 0 bridgehead atoms. The van der Waals surface area contributed by atoms with Crippen LogP contribution in [-0.4, -0.2) is 19.9 Å². The molecular formula is C23H28N2O2S. The third-order valence-electron chi connectivity index (χ3n) is 5.42. The smallest absolute Gasteiger partial charge is 0.169 e. The number of thiophene rings is 1. The summed E-state index contributed by atoms with van der Waals surface area (Å²) in [5, 5.41) is 10.5. The molecule has 1 aliphatic carbocycles. The Labute approximate surface area is 171 Å². The van der Waals surface area contributed by atoms with Crippen molar-refractivity contribution in [2.75, 3.05) is 13.7 Å². The first-order chi connectivity index (χ1) is 13.4.